The van der Waals surface area contributed by atoms with Crippen LogP contribution in [0.3, 0.4) is 0 Å². The number of aliphatic imine (C=N–C) groups is 1. The normalized spacial score (nSPS) is 17.1. The van der Waals surface area contributed by atoms with Crippen molar-refractivity contribution in [1.82, 2.24) is 5.32 Å². The minimum Gasteiger partial charge on any atom is -0.304 e. The van der Waals surface area contributed by atoms with E-state index in [-0.39, 0.29) is 11.8 Å². The van der Waals surface area contributed by atoms with Crippen molar-refractivity contribution in [2.45, 2.75) is 19.8 Å². The molecule has 2 rings (SSSR count). The lowest BCUT2D eigenvalue weighted by molar-refractivity contribution is -0.116. The summed E-state index contributed by atoms with van der Waals surface area (Å²) < 4.78 is 0. The topological polar surface area (TPSA) is 58.5 Å². The summed E-state index contributed by atoms with van der Waals surface area (Å²) in [6.07, 6.45) is 3.13. The summed E-state index contributed by atoms with van der Waals surface area (Å²) in [5.41, 5.74) is 2.21. The molecule has 0 radical (unpaired) electrons. The third kappa shape index (κ3) is 4.06. The molecule has 1 aromatic rings. The molecule has 20 heavy (non-hydrogen) atoms. The zero-order chi connectivity index (χ0) is 14.5. The maximum absolute atomic E-state index is 11.6. The Balaban J connectivity index is 1.98. The lowest BCUT2D eigenvalue weighted by Gasteiger charge is -2.04. The zero-order valence-corrected chi connectivity index (χ0v) is 12.2. The smallest absolute Gasteiger partial charge is 0.272 e. The number of amidine groups is 1. The summed E-state index contributed by atoms with van der Waals surface area (Å²) in [7, 11) is 0. The van der Waals surface area contributed by atoms with E-state index in [0.717, 1.165) is 5.56 Å². The van der Waals surface area contributed by atoms with Gasteiger partial charge in [-0.05, 0) is 23.1 Å². The number of carbonyl (C=O) groups is 2. The molecule has 4 nitrogen and oxygen atoms in total. The Hall–Kier alpha value is -1.88. The molecule has 0 aromatic heterocycles. The predicted octanol–water partition coefficient (Wildman–Crippen LogP) is 2.57. The molecule has 0 bridgehead atoms. The SMILES string of the molecule is CC(C)c1ccc(/C=C/C(=O)N=C2NC(=O)CS2)cc1. The van der Waals surface area contributed by atoms with Gasteiger partial charge in [0.05, 0.1) is 5.75 Å². The highest BCUT2D eigenvalue weighted by atomic mass is 32.2. The fourth-order valence-electron chi connectivity index (χ4n) is 1.68. The molecule has 0 saturated carbocycles. The van der Waals surface area contributed by atoms with Crippen LogP contribution in [0.25, 0.3) is 6.08 Å². The number of amides is 2. The molecule has 1 N–H and O–H groups in total. The standard InChI is InChI=1S/C15H16N2O2S/c1-10(2)12-6-3-11(4-7-12)5-8-13(18)16-15-17-14(19)9-20-15/h3-8,10H,9H2,1-2H3,(H,16,17,18,19)/b8-5+. The zero-order valence-electron chi connectivity index (χ0n) is 11.4. The summed E-state index contributed by atoms with van der Waals surface area (Å²) in [5.74, 6) is 0.327. The maximum Gasteiger partial charge on any atom is 0.272 e. The molecule has 0 spiro atoms. The molecule has 1 aliphatic heterocycles. The number of rotatable bonds is 3. The first-order valence-corrected chi connectivity index (χ1v) is 7.36. The largest absolute Gasteiger partial charge is 0.304 e. The quantitative estimate of drug-likeness (QED) is 0.870. The Morgan fingerprint density at radius 2 is 2.05 bits per heavy atom. The van der Waals surface area contributed by atoms with E-state index < -0.39 is 0 Å². The van der Waals surface area contributed by atoms with E-state index in [0.29, 0.717) is 16.8 Å². The molecule has 1 heterocycles. The van der Waals surface area contributed by atoms with Crippen LogP contribution in [0.15, 0.2) is 35.3 Å². The number of nitrogens with zero attached hydrogens (tertiary/aromatic N) is 1. The van der Waals surface area contributed by atoms with Gasteiger partial charge in [-0.15, -0.1) is 0 Å². The van der Waals surface area contributed by atoms with Crippen molar-refractivity contribution >= 4 is 34.8 Å². The predicted molar refractivity (Wildman–Crippen MR) is 82.6 cm³/mol. The first kappa shape index (κ1) is 14.5. The second kappa shape index (κ2) is 6.52. The van der Waals surface area contributed by atoms with Crippen LogP contribution in [0.2, 0.25) is 0 Å². The van der Waals surface area contributed by atoms with Crippen LogP contribution in [-0.4, -0.2) is 22.7 Å². The van der Waals surface area contributed by atoms with Crippen LogP contribution >= 0.6 is 11.8 Å². The fraction of sp³-hybridized carbons (Fsp3) is 0.267. The van der Waals surface area contributed by atoms with E-state index >= 15 is 0 Å². The number of carbonyl (C=O) groups excluding carboxylic acids is 2. The van der Waals surface area contributed by atoms with Gasteiger partial charge < -0.3 is 5.32 Å². The van der Waals surface area contributed by atoms with Crippen LogP contribution in [0.4, 0.5) is 0 Å². The van der Waals surface area contributed by atoms with Crippen LogP contribution < -0.4 is 5.32 Å². The third-order valence-electron chi connectivity index (χ3n) is 2.82. The van der Waals surface area contributed by atoms with Crippen molar-refractivity contribution in [3.63, 3.8) is 0 Å². The van der Waals surface area contributed by atoms with Gasteiger partial charge in [0.25, 0.3) is 5.91 Å². The summed E-state index contributed by atoms with van der Waals surface area (Å²) in [5, 5.41) is 2.90. The van der Waals surface area contributed by atoms with Crippen molar-refractivity contribution in [2.75, 3.05) is 5.75 Å². The van der Waals surface area contributed by atoms with Gasteiger partial charge in [-0.25, -0.2) is 0 Å². The molecule has 1 fully saturated rings. The molecule has 2 amide bonds. The average molecular weight is 288 g/mol. The van der Waals surface area contributed by atoms with Crippen LogP contribution in [-0.2, 0) is 9.59 Å². The highest BCUT2D eigenvalue weighted by molar-refractivity contribution is 8.15. The van der Waals surface area contributed by atoms with Gasteiger partial charge in [-0.2, -0.15) is 4.99 Å². The van der Waals surface area contributed by atoms with Crippen LogP contribution in [0.1, 0.15) is 30.9 Å². The fourth-order valence-corrected chi connectivity index (χ4v) is 2.36. The second-order valence-electron chi connectivity index (χ2n) is 4.75. The van der Waals surface area contributed by atoms with Gasteiger partial charge in [0.1, 0.15) is 0 Å². The van der Waals surface area contributed by atoms with Gasteiger partial charge in [-0.3, -0.25) is 9.59 Å². The molecule has 0 aliphatic carbocycles. The number of nitrogens with one attached hydrogen (secondary N) is 1. The first-order valence-electron chi connectivity index (χ1n) is 6.38. The Morgan fingerprint density at radius 1 is 1.35 bits per heavy atom. The van der Waals surface area contributed by atoms with E-state index in [2.05, 4.69) is 24.2 Å². The van der Waals surface area contributed by atoms with Gasteiger partial charge in [-0.1, -0.05) is 49.9 Å². The van der Waals surface area contributed by atoms with Crippen molar-refractivity contribution in [3.8, 4) is 0 Å². The summed E-state index contributed by atoms with van der Waals surface area (Å²) in [4.78, 5) is 26.4. The molecule has 1 aliphatic rings. The Labute approximate surface area is 122 Å². The molecular formula is C15H16N2O2S. The molecular weight excluding hydrogens is 272 g/mol. The van der Waals surface area contributed by atoms with E-state index in [9.17, 15) is 9.59 Å². The minimum atomic E-state index is -0.373. The van der Waals surface area contributed by atoms with Crippen molar-refractivity contribution in [2.24, 2.45) is 4.99 Å². The van der Waals surface area contributed by atoms with Gasteiger partial charge in [0.2, 0.25) is 5.91 Å². The molecule has 104 valence electrons. The summed E-state index contributed by atoms with van der Waals surface area (Å²) >= 11 is 1.24. The number of hydrogen-bond acceptors (Lipinski definition) is 3. The van der Waals surface area contributed by atoms with Crippen LogP contribution in [0, 0.1) is 0 Å². The lowest BCUT2D eigenvalue weighted by Crippen LogP contribution is -2.20. The van der Waals surface area contributed by atoms with Gasteiger partial charge >= 0.3 is 0 Å². The average Bonchev–Trinajstić information content (AvgIpc) is 2.82. The number of hydrogen-bond donors (Lipinski definition) is 1. The number of benzene rings is 1. The summed E-state index contributed by atoms with van der Waals surface area (Å²) in [6.45, 7) is 4.27. The van der Waals surface area contributed by atoms with Crippen LogP contribution in [0.5, 0.6) is 0 Å². The molecule has 5 heteroatoms. The van der Waals surface area contributed by atoms with E-state index in [4.69, 9.17) is 0 Å². The van der Waals surface area contributed by atoms with E-state index in [1.807, 2.05) is 24.3 Å². The first-order chi connectivity index (χ1) is 9.54. The molecule has 0 atom stereocenters. The maximum atomic E-state index is 11.6. The minimum absolute atomic E-state index is 0.116. The van der Waals surface area contributed by atoms with E-state index in [1.165, 1.54) is 23.4 Å². The third-order valence-corrected chi connectivity index (χ3v) is 3.69. The highest BCUT2D eigenvalue weighted by Crippen LogP contribution is 2.15. The Bertz CT molecular complexity index is 574. The molecule has 1 saturated heterocycles. The summed E-state index contributed by atoms with van der Waals surface area (Å²) in [6, 6.07) is 8.04. The Kier molecular flexibility index (Phi) is 4.74. The molecule has 1 aromatic carbocycles. The second-order valence-corrected chi connectivity index (χ2v) is 5.71. The lowest BCUT2D eigenvalue weighted by atomic mass is 10.0. The number of thioether (sulfide) groups is 1. The van der Waals surface area contributed by atoms with Crippen molar-refractivity contribution in [1.29, 1.82) is 0 Å². The highest BCUT2D eigenvalue weighted by Gasteiger charge is 2.16. The Morgan fingerprint density at radius 3 is 2.60 bits per heavy atom. The van der Waals surface area contributed by atoms with E-state index in [1.54, 1.807) is 6.08 Å². The van der Waals surface area contributed by atoms with Crippen molar-refractivity contribution in [3.05, 3.63) is 41.5 Å². The molecule has 0 unspecified atom stereocenters. The van der Waals surface area contributed by atoms with Gasteiger partial charge in [0, 0.05) is 6.08 Å². The van der Waals surface area contributed by atoms with Gasteiger partial charge in [0.15, 0.2) is 5.17 Å². The monoisotopic (exact) mass is 288 g/mol. The van der Waals surface area contributed by atoms with Crippen molar-refractivity contribution < 1.29 is 9.59 Å².